The lowest BCUT2D eigenvalue weighted by Gasteiger charge is -2.29. The van der Waals surface area contributed by atoms with E-state index in [9.17, 15) is 9.59 Å². The van der Waals surface area contributed by atoms with Crippen molar-refractivity contribution in [1.29, 1.82) is 0 Å². The first-order valence-corrected chi connectivity index (χ1v) is 10.5. The molecule has 0 atom stereocenters. The lowest BCUT2D eigenvalue weighted by Crippen LogP contribution is -3.13. The third-order valence-corrected chi connectivity index (χ3v) is 6.00. The molecule has 1 aliphatic heterocycles. The van der Waals surface area contributed by atoms with Crippen LogP contribution < -0.4 is 15.5 Å². The molecule has 6 heteroatoms. The van der Waals surface area contributed by atoms with Crippen molar-refractivity contribution < 1.29 is 14.5 Å². The molecule has 5 nitrogen and oxygen atoms in total. The molecule has 0 bridgehead atoms. The second kappa shape index (κ2) is 10.2. The molecule has 2 amide bonds. The van der Waals surface area contributed by atoms with Crippen LogP contribution in [-0.2, 0) is 11.2 Å². The van der Waals surface area contributed by atoms with Crippen LogP contribution in [-0.4, -0.2) is 44.5 Å². The molecule has 1 saturated heterocycles. The molecule has 0 spiro atoms. The number of likely N-dealkylation sites (tertiary alicyclic amines) is 1. The fourth-order valence-electron chi connectivity index (χ4n) is 3.58. The Morgan fingerprint density at radius 2 is 1.81 bits per heavy atom. The number of amides is 2. The summed E-state index contributed by atoms with van der Waals surface area (Å²) in [6.07, 6.45) is 3.67. The number of hydrogen-bond acceptors (Lipinski definition) is 3. The maximum absolute atomic E-state index is 11.9. The van der Waals surface area contributed by atoms with Gasteiger partial charge in [-0.15, -0.1) is 11.3 Å². The van der Waals surface area contributed by atoms with Gasteiger partial charge in [-0.2, -0.15) is 0 Å². The summed E-state index contributed by atoms with van der Waals surface area (Å²) >= 11 is 1.37. The van der Waals surface area contributed by atoms with Crippen LogP contribution >= 0.6 is 11.3 Å². The zero-order chi connectivity index (χ0) is 18.9. The van der Waals surface area contributed by atoms with Crippen molar-refractivity contribution in [2.45, 2.75) is 19.3 Å². The van der Waals surface area contributed by atoms with Gasteiger partial charge < -0.3 is 15.5 Å². The smallest absolute Gasteiger partial charge is 0.261 e. The molecule has 2 aromatic rings. The Bertz CT molecular complexity index is 710. The fraction of sp³-hybridized carbons (Fsp3) is 0.429. The first kappa shape index (κ1) is 19.6. The van der Waals surface area contributed by atoms with Crippen LogP contribution in [0.4, 0.5) is 0 Å². The molecule has 27 heavy (non-hydrogen) atoms. The van der Waals surface area contributed by atoms with E-state index in [1.54, 1.807) is 11.0 Å². The van der Waals surface area contributed by atoms with Crippen molar-refractivity contribution in [3.63, 3.8) is 0 Å². The zero-order valence-electron chi connectivity index (χ0n) is 15.6. The van der Waals surface area contributed by atoms with Gasteiger partial charge in [-0.25, -0.2) is 0 Å². The van der Waals surface area contributed by atoms with Crippen LogP contribution in [0.15, 0.2) is 47.8 Å². The minimum absolute atomic E-state index is 0.0330. The van der Waals surface area contributed by atoms with E-state index in [4.69, 9.17) is 0 Å². The van der Waals surface area contributed by atoms with Gasteiger partial charge in [0.15, 0.2) is 0 Å². The average Bonchev–Trinajstić information content (AvgIpc) is 3.23. The molecule has 1 fully saturated rings. The van der Waals surface area contributed by atoms with E-state index in [-0.39, 0.29) is 18.4 Å². The standard InChI is InChI=1S/C21H27N3O2S/c25-20(16-23-21(26)19-7-4-14-27-19)22-10-13-24-11-8-18(9-12-24)15-17-5-2-1-3-6-17/h1-7,14,18H,8-13,15-16H2,(H,22,25)(H,23,26)/p+1. The first-order chi connectivity index (χ1) is 13.2. The molecular weight excluding hydrogens is 358 g/mol. The number of quaternary nitrogens is 1. The molecule has 3 N–H and O–H groups in total. The van der Waals surface area contributed by atoms with Crippen molar-refractivity contribution >= 4 is 23.2 Å². The molecule has 1 aromatic carbocycles. The number of rotatable bonds is 8. The van der Waals surface area contributed by atoms with Gasteiger partial charge in [-0.1, -0.05) is 36.4 Å². The Morgan fingerprint density at radius 3 is 2.52 bits per heavy atom. The fourth-order valence-corrected chi connectivity index (χ4v) is 4.22. The van der Waals surface area contributed by atoms with Crippen molar-refractivity contribution in [1.82, 2.24) is 10.6 Å². The van der Waals surface area contributed by atoms with Crippen molar-refractivity contribution in [3.05, 3.63) is 58.3 Å². The van der Waals surface area contributed by atoms with Crippen molar-refractivity contribution in [3.8, 4) is 0 Å². The quantitative estimate of drug-likeness (QED) is 0.637. The maximum Gasteiger partial charge on any atom is 0.261 e. The highest BCUT2D eigenvalue weighted by Crippen LogP contribution is 2.16. The predicted molar refractivity (Wildman–Crippen MR) is 108 cm³/mol. The van der Waals surface area contributed by atoms with Crippen LogP contribution in [0.25, 0.3) is 0 Å². The maximum atomic E-state index is 11.9. The molecule has 0 unspecified atom stereocenters. The summed E-state index contributed by atoms with van der Waals surface area (Å²) in [4.78, 5) is 25.9. The summed E-state index contributed by atoms with van der Waals surface area (Å²) < 4.78 is 0. The van der Waals surface area contributed by atoms with E-state index in [2.05, 4.69) is 41.0 Å². The van der Waals surface area contributed by atoms with Gasteiger partial charge in [-0.05, 0) is 42.2 Å². The Labute approximate surface area is 164 Å². The molecule has 0 saturated carbocycles. The molecule has 1 aromatic heterocycles. The zero-order valence-corrected chi connectivity index (χ0v) is 16.4. The van der Waals surface area contributed by atoms with Crippen LogP contribution in [0, 0.1) is 5.92 Å². The number of piperidine rings is 1. The van der Waals surface area contributed by atoms with Gasteiger partial charge in [0.2, 0.25) is 5.91 Å². The monoisotopic (exact) mass is 386 g/mol. The van der Waals surface area contributed by atoms with Gasteiger partial charge >= 0.3 is 0 Å². The summed E-state index contributed by atoms with van der Waals surface area (Å²) in [6.45, 7) is 3.98. The summed E-state index contributed by atoms with van der Waals surface area (Å²) in [6, 6.07) is 14.3. The van der Waals surface area contributed by atoms with Gasteiger partial charge in [-0.3, -0.25) is 9.59 Å². The molecule has 3 rings (SSSR count). The Morgan fingerprint density at radius 1 is 1.04 bits per heavy atom. The van der Waals surface area contributed by atoms with Gasteiger partial charge in [0.05, 0.1) is 37.6 Å². The predicted octanol–water partition coefficient (Wildman–Crippen LogP) is 1.13. The lowest BCUT2D eigenvalue weighted by atomic mass is 9.90. The third kappa shape index (κ3) is 6.48. The molecular formula is C21H28N3O2S+. The molecule has 0 aliphatic carbocycles. The van der Waals surface area contributed by atoms with E-state index >= 15 is 0 Å². The number of carbonyl (C=O) groups excluding carboxylic acids is 2. The van der Waals surface area contributed by atoms with Gasteiger partial charge in [0.1, 0.15) is 0 Å². The largest absolute Gasteiger partial charge is 0.349 e. The van der Waals surface area contributed by atoms with Crippen LogP contribution in [0.3, 0.4) is 0 Å². The normalized spacial score (nSPS) is 19.4. The SMILES string of the molecule is O=C(CNC(=O)c1cccs1)NCC[NH+]1CCC(Cc2ccccc2)CC1. The summed E-state index contributed by atoms with van der Waals surface area (Å²) in [5.41, 5.74) is 1.43. The Hall–Kier alpha value is -2.18. The summed E-state index contributed by atoms with van der Waals surface area (Å²) in [5, 5.41) is 7.41. The minimum atomic E-state index is -0.189. The molecule has 2 heterocycles. The summed E-state index contributed by atoms with van der Waals surface area (Å²) in [7, 11) is 0. The minimum Gasteiger partial charge on any atom is -0.349 e. The highest BCUT2D eigenvalue weighted by molar-refractivity contribution is 7.12. The number of hydrogen-bond donors (Lipinski definition) is 3. The van der Waals surface area contributed by atoms with Gasteiger partial charge in [0, 0.05) is 0 Å². The topological polar surface area (TPSA) is 62.6 Å². The number of benzene rings is 1. The van der Waals surface area contributed by atoms with Crippen LogP contribution in [0.5, 0.6) is 0 Å². The van der Waals surface area contributed by atoms with E-state index in [0.717, 1.165) is 12.5 Å². The highest BCUT2D eigenvalue weighted by Gasteiger charge is 2.22. The Balaban J connectivity index is 1.26. The van der Waals surface area contributed by atoms with E-state index in [1.165, 1.54) is 49.3 Å². The summed E-state index contributed by atoms with van der Waals surface area (Å²) in [5.74, 6) is 0.461. The first-order valence-electron chi connectivity index (χ1n) is 9.66. The van der Waals surface area contributed by atoms with Crippen LogP contribution in [0.1, 0.15) is 28.1 Å². The number of thiophene rings is 1. The number of nitrogens with one attached hydrogen (secondary N) is 3. The van der Waals surface area contributed by atoms with E-state index in [1.807, 2.05) is 11.4 Å². The molecule has 1 aliphatic rings. The third-order valence-electron chi connectivity index (χ3n) is 5.13. The van der Waals surface area contributed by atoms with Gasteiger partial charge in [0.25, 0.3) is 5.91 Å². The van der Waals surface area contributed by atoms with E-state index < -0.39 is 0 Å². The second-order valence-electron chi connectivity index (χ2n) is 7.14. The second-order valence-corrected chi connectivity index (χ2v) is 8.09. The molecule has 144 valence electrons. The van der Waals surface area contributed by atoms with E-state index in [0.29, 0.717) is 11.4 Å². The van der Waals surface area contributed by atoms with Crippen LogP contribution in [0.2, 0.25) is 0 Å². The van der Waals surface area contributed by atoms with Crippen molar-refractivity contribution in [2.75, 3.05) is 32.7 Å². The molecule has 0 radical (unpaired) electrons. The lowest BCUT2D eigenvalue weighted by molar-refractivity contribution is -0.905. The average molecular weight is 387 g/mol. The Kier molecular flexibility index (Phi) is 7.42. The number of carbonyl (C=O) groups is 2. The van der Waals surface area contributed by atoms with Crippen molar-refractivity contribution in [2.24, 2.45) is 5.92 Å². The highest BCUT2D eigenvalue weighted by atomic mass is 32.1.